The Balaban J connectivity index is 2.62. The second-order valence-electron chi connectivity index (χ2n) is 2.84. The van der Waals surface area contributed by atoms with Gasteiger partial charge in [-0.05, 0) is 6.42 Å². The number of nitriles is 1. The molecule has 0 spiro atoms. The maximum absolute atomic E-state index is 8.37. The van der Waals surface area contributed by atoms with E-state index in [9.17, 15) is 0 Å². The van der Waals surface area contributed by atoms with E-state index in [0.29, 0.717) is 24.6 Å². The van der Waals surface area contributed by atoms with Gasteiger partial charge in [0.1, 0.15) is 6.10 Å². The standard InChI is InChI=1S/C9H13N3O2/c1-3-7(13-2)9-11-8(14-12-9)5-4-6-10/h7H,3-5H2,1-2H3. The Morgan fingerprint density at radius 1 is 1.64 bits per heavy atom. The third-order valence-corrected chi connectivity index (χ3v) is 1.88. The molecule has 0 aliphatic carbocycles. The van der Waals surface area contributed by atoms with Crippen LogP contribution < -0.4 is 0 Å². The number of aryl methyl sites for hydroxylation is 1. The van der Waals surface area contributed by atoms with Crippen molar-refractivity contribution >= 4 is 0 Å². The summed E-state index contributed by atoms with van der Waals surface area (Å²) in [6, 6.07) is 2.02. The number of aromatic nitrogens is 2. The summed E-state index contributed by atoms with van der Waals surface area (Å²) < 4.78 is 10.1. The van der Waals surface area contributed by atoms with Crippen molar-refractivity contribution in [3.63, 3.8) is 0 Å². The fraction of sp³-hybridized carbons (Fsp3) is 0.667. The van der Waals surface area contributed by atoms with Crippen molar-refractivity contribution in [2.45, 2.75) is 32.3 Å². The molecule has 1 heterocycles. The topological polar surface area (TPSA) is 71.9 Å². The summed E-state index contributed by atoms with van der Waals surface area (Å²) in [5, 5.41) is 12.2. The van der Waals surface area contributed by atoms with E-state index >= 15 is 0 Å². The van der Waals surface area contributed by atoms with E-state index in [1.165, 1.54) is 0 Å². The quantitative estimate of drug-likeness (QED) is 0.713. The maximum Gasteiger partial charge on any atom is 0.227 e. The fourth-order valence-electron chi connectivity index (χ4n) is 1.12. The van der Waals surface area contributed by atoms with Gasteiger partial charge in [0.2, 0.25) is 11.7 Å². The number of ether oxygens (including phenoxy) is 1. The summed E-state index contributed by atoms with van der Waals surface area (Å²) in [7, 11) is 1.61. The highest BCUT2D eigenvalue weighted by atomic mass is 16.5. The highest BCUT2D eigenvalue weighted by Gasteiger charge is 2.15. The van der Waals surface area contributed by atoms with Crippen LogP contribution in [-0.2, 0) is 11.2 Å². The second-order valence-corrected chi connectivity index (χ2v) is 2.84. The minimum Gasteiger partial charge on any atom is -0.373 e. The first-order valence-electron chi connectivity index (χ1n) is 4.54. The van der Waals surface area contributed by atoms with Crippen molar-refractivity contribution in [3.05, 3.63) is 11.7 Å². The molecule has 5 nitrogen and oxygen atoms in total. The second kappa shape index (κ2) is 5.35. The lowest BCUT2D eigenvalue weighted by molar-refractivity contribution is 0.0903. The molecular formula is C9H13N3O2. The Kier molecular flexibility index (Phi) is 4.08. The molecular weight excluding hydrogens is 182 g/mol. The minimum atomic E-state index is -0.116. The molecule has 0 radical (unpaired) electrons. The van der Waals surface area contributed by atoms with Crippen molar-refractivity contribution in [1.82, 2.24) is 10.1 Å². The van der Waals surface area contributed by atoms with Crippen LogP contribution in [0.15, 0.2) is 4.52 Å². The molecule has 0 fully saturated rings. The van der Waals surface area contributed by atoms with Crippen molar-refractivity contribution in [3.8, 4) is 6.07 Å². The zero-order valence-corrected chi connectivity index (χ0v) is 8.36. The Hall–Kier alpha value is -1.41. The molecule has 1 aromatic rings. The van der Waals surface area contributed by atoms with Gasteiger partial charge >= 0.3 is 0 Å². The third-order valence-electron chi connectivity index (χ3n) is 1.88. The highest BCUT2D eigenvalue weighted by Crippen LogP contribution is 2.16. The molecule has 0 amide bonds. The first-order chi connectivity index (χ1) is 6.81. The zero-order chi connectivity index (χ0) is 10.4. The van der Waals surface area contributed by atoms with Crippen LogP contribution in [0.2, 0.25) is 0 Å². The molecule has 1 rings (SSSR count). The third kappa shape index (κ3) is 2.54. The molecule has 0 aromatic carbocycles. The van der Waals surface area contributed by atoms with Gasteiger partial charge in [-0.15, -0.1) is 0 Å². The molecule has 0 saturated heterocycles. The summed E-state index contributed by atoms with van der Waals surface area (Å²) in [4.78, 5) is 4.14. The maximum atomic E-state index is 8.37. The lowest BCUT2D eigenvalue weighted by atomic mass is 10.2. The normalized spacial score (nSPS) is 12.4. The predicted octanol–water partition coefficient (Wildman–Crippen LogP) is 1.62. The summed E-state index contributed by atoms with van der Waals surface area (Å²) in [6.07, 6.45) is 1.58. The van der Waals surface area contributed by atoms with E-state index in [1.807, 2.05) is 13.0 Å². The number of hydrogen-bond acceptors (Lipinski definition) is 5. The van der Waals surface area contributed by atoms with Gasteiger partial charge in [0.15, 0.2) is 0 Å². The van der Waals surface area contributed by atoms with Crippen molar-refractivity contribution in [2.24, 2.45) is 0 Å². The lowest BCUT2D eigenvalue weighted by Gasteiger charge is -2.05. The Bertz CT molecular complexity index is 312. The van der Waals surface area contributed by atoms with Gasteiger partial charge in [0, 0.05) is 20.0 Å². The first-order valence-corrected chi connectivity index (χ1v) is 4.54. The average molecular weight is 195 g/mol. The molecule has 0 aliphatic heterocycles. The SMILES string of the molecule is CCC(OC)c1noc(CCC#N)n1. The Morgan fingerprint density at radius 2 is 2.43 bits per heavy atom. The van der Waals surface area contributed by atoms with Crippen molar-refractivity contribution in [2.75, 3.05) is 7.11 Å². The molecule has 1 unspecified atom stereocenters. The summed E-state index contributed by atoms with van der Waals surface area (Å²) >= 11 is 0. The van der Waals surface area contributed by atoms with Crippen LogP contribution in [-0.4, -0.2) is 17.3 Å². The van der Waals surface area contributed by atoms with Gasteiger partial charge in [-0.2, -0.15) is 10.2 Å². The number of nitrogens with zero attached hydrogens (tertiary/aromatic N) is 3. The molecule has 1 atom stereocenters. The van der Waals surface area contributed by atoms with E-state index in [2.05, 4.69) is 10.1 Å². The van der Waals surface area contributed by atoms with Gasteiger partial charge in [0.25, 0.3) is 0 Å². The molecule has 0 N–H and O–H groups in total. The highest BCUT2D eigenvalue weighted by molar-refractivity contribution is 4.92. The van der Waals surface area contributed by atoms with Gasteiger partial charge in [-0.25, -0.2) is 0 Å². The fourth-order valence-corrected chi connectivity index (χ4v) is 1.12. The minimum absolute atomic E-state index is 0.116. The van der Waals surface area contributed by atoms with E-state index in [-0.39, 0.29) is 6.10 Å². The van der Waals surface area contributed by atoms with Crippen LogP contribution in [0.5, 0.6) is 0 Å². The monoisotopic (exact) mass is 195 g/mol. The number of hydrogen-bond donors (Lipinski definition) is 0. The summed E-state index contributed by atoms with van der Waals surface area (Å²) in [5.41, 5.74) is 0. The number of methoxy groups -OCH3 is 1. The Morgan fingerprint density at radius 3 is 3.00 bits per heavy atom. The smallest absolute Gasteiger partial charge is 0.227 e. The summed E-state index contributed by atoms with van der Waals surface area (Å²) in [6.45, 7) is 1.99. The van der Waals surface area contributed by atoms with Crippen molar-refractivity contribution < 1.29 is 9.26 Å². The largest absolute Gasteiger partial charge is 0.373 e. The molecule has 0 bridgehead atoms. The molecule has 76 valence electrons. The van der Waals surface area contributed by atoms with Crippen molar-refractivity contribution in [1.29, 1.82) is 5.26 Å². The van der Waals surface area contributed by atoms with Gasteiger partial charge < -0.3 is 9.26 Å². The predicted molar refractivity (Wildman–Crippen MR) is 48.3 cm³/mol. The molecule has 5 heteroatoms. The van der Waals surface area contributed by atoms with Crippen LogP contribution in [0, 0.1) is 11.3 Å². The van der Waals surface area contributed by atoms with E-state index < -0.39 is 0 Å². The van der Waals surface area contributed by atoms with Gasteiger partial charge in [0.05, 0.1) is 6.07 Å². The Labute approximate surface area is 82.7 Å². The van der Waals surface area contributed by atoms with Crippen LogP contribution in [0.3, 0.4) is 0 Å². The van der Waals surface area contributed by atoms with Crippen LogP contribution in [0.1, 0.15) is 37.6 Å². The molecule has 0 saturated carbocycles. The lowest BCUT2D eigenvalue weighted by Crippen LogP contribution is -2.01. The van der Waals surface area contributed by atoms with E-state index in [0.717, 1.165) is 6.42 Å². The van der Waals surface area contributed by atoms with E-state index in [4.69, 9.17) is 14.5 Å². The zero-order valence-electron chi connectivity index (χ0n) is 8.36. The molecule has 14 heavy (non-hydrogen) atoms. The van der Waals surface area contributed by atoms with Gasteiger partial charge in [-0.1, -0.05) is 12.1 Å². The molecule has 1 aromatic heterocycles. The van der Waals surface area contributed by atoms with Crippen LogP contribution in [0.4, 0.5) is 0 Å². The van der Waals surface area contributed by atoms with Crippen LogP contribution in [0.25, 0.3) is 0 Å². The van der Waals surface area contributed by atoms with E-state index in [1.54, 1.807) is 7.11 Å². The average Bonchev–Trinajstić information content (AvgIpc) is 2.65. The van der Waals surface area contributed by atoms with Crippen LogP contribution >= 0.6 is 0 Å². The summed E-state index contributed by atoms with van der Waals surface area (Å²) in [5.74, 6) is 1.06. The van der Waals surface area contributed by atoms with Gasteiger partial charge in [-0.3, -0.25) is 0 Å². The first kappa shape index (κ1) is 10.7. The molecule has 0 aliphatic rings. The number of rotatable bonds is 5.